The second-order valence-electron chi connectivity index (χ2n) is 7.18. The highest BCUT2D eigenvalue weighted by Crippen LogP contribution is 2.39. The molecule has 0 spiro atoms. The van der Waals surface area contributed by atoms with E-state index in [1.165, 1.54) is 6.07 Å². The number of fused-ring (bicyclic) bond motifs is 1. The summed E-state index contributed by atoms with van der Waals surface area (Å²) in [4.78, 5) is 13.9. The maximum Gasteiger partial charge on any atom is 0.433 e. The highest BCUT2D eigenvalue weighted by atomic mass is 19.4. The van der Waals surface area contributed by atoms with Crippen LogP contribution in [0.3, 0.4) is 0 Å². The highest BCUT2D eigenvalue weighted by molar-refractivity contribution is 5.42. The lowest BCUT2D eigenvalue weighted by Crippen LogP contribution is -2.43. The quantitative estimate of drug-likeness (QED) is 0.854. The van der Waals surface area contributed by atoms with Crippen LogP contribution >= 0.6 is 0 Å². The molecule has 1 saturated heterocycles. The first kappa shape index (κ1) is 18.0. The van der Waals surface area contributed by atoms with Crippen molar-refractivity contribution >= 4 is 11.6 Å². The second-order valence-corrected chi connectivity index (χ2v) is 7.18. The molecule has 1 aliphatic heterocycles. The van der Waals surface area contributed by atoms with E-state index in [9.17, 15) is 18.3 Å². The molecule has 0 radical (unpaired) electrons. The fourth-order valence-corrected chi connectivity index (χ4v) is 4.09. The number of nitrogens with zero attached hydrogens (tertiary/aromatic N) is 4. The monoisotopic (exact) mass is 379 g/mol. The minimum atomic E-state index is -4.45. The van der Waals surface area contributed by atoms with Crippen LogP contribution in [0, 0.1) is 11.8 Å². The van der Waals surface area contributed by atoms with Crippen molar-refractivity contribution in [2.45, 2.75) is 31.2 Å². The van der Waals surface area contributed by atoms with E-state index in [-0.39, 0.29) is 17.9 Å². The molecule has 2 aromatic heterocycles. The molecule has 27 heavy (non-hydrogen) atoms. The second kappa shape index (κ2) is 6.95. The third-order valence-electron chi connectivity index (χ3n) is 5.39. The fraction of sp³-hybridized carbons (Fsp3) is 0.500. The van der Waals surface area contributed by atoms with Crippen molar-refractivity contribution in [1.82, 2.24) is 15.0 Å². The molecular weight excluding hydrogens is 359 g/mol. The Bertz CT molecular complexity index is 788. The summed E-state index contributed by atoms with van der Waals surface area (Å²) in [7, 11) is 0. The standard InChI is InChI=1S/C18H20F3N5O/c19-18(20,21)15-2-1-3-17(25-15)26-9-11-6-13(14(27)7-12(11)10-26)24-16-8-22-4-5-23-16/h1-5,8,11-14,27H,6-7,9-10H2,(H,23,24)/t11-,12+,13-,14-/m1/s1. The average molecular weight is 379 g/mol. The van der Waals surface area contributed by atoms with E-state index in [2.05, 4.69) is 20.3 Å². The summed E-state index contributed by atoms with van der Waals surface area (Å²) in [5.41, 5.74) is -0.878. The summed E-state index contributed by atoms with van der Waals surface area (Å²) >= 11 is 0. The smallest absolute Gasteiger partial charge is 0.391 e. The van der Waals surface area contributed by atoms with E-state index in [1.54, 1.807) is 24.7 Å². The van der Waals surface area contributed by atoms with Crippen LogP contribution in [0.1, 0.15) is 18.5 Å². The Morgan fingerprint density at radius 1 is 1.11 bits per heavy atom. The number of rotatable bonds is 3. The Labute approximate surface area is 154 Å². The minimum Gasteiger partial charge on any atom is -0.391 e. The molecule has 0 aromatic carbocycles. The third kappa shape index (κ3) is 3.83. The Balaban J connectivity index is 1.46. The number of aliphatic hydroxyl groups excluding tert-OH is 1. The fourth-order valence-electron chi connectivity index (χ4n) is 4.09. The van der Waals surface area contributed by atoms with E-state index < -0.39 is 18.0 Å². The summed E-state index contributed by atoms with van der Waals surface area (Å²) < 4.78 is 38.8. The Kier molecular flexibility index (Phi) is 4.63. The number of anilines is 2. The molecule has 3 heterocycles. The number of pyridine rings is 1. The summed E-state index contributed by atoms with van der Waals surface area (Å²) in [5, 5.41) is 13.7. The van der Waals surface area contributed by atoms with Gasteiger partial charge in [-0.05, 0) is 36.8 Å². The molecule has 0 bridgehead atoms. The van der Waals surface area contributed by atoms with Crippen molar-refractivity contribution in [1.29, 1.82) is 0 Å². The first-order valence-electron chi connectivity index (χ1n) is 8.90. The summed E-state index contributed by atoms with van der Waals surface area (Å²) in [6.07, 6.45) is 1.08. The predicted octanol–water partition coefficient (Wildman–Crippen LogP) is 2.58. The SMILES string of the molecule is O[C@@H]1C[C@H]2CN(c3cccc(C(F)(F)F)n3)C[C@H]2C[C@H]1Nc1cnccn1. The van der Waals surface area contributed by atoms with Gasteiger partial charge < -0.3 is 15.3 Å². The van der Waals surface area contributed by atoms with Crippen molar-refractivity contribution < 1.29 is 18.3 Å². The number of halogens is 3. The molecule has 1 saturated carbocycles. The van der Waals surface area contributed by atoms with Crippen LogP contribution in [-0.4, -0.2) is 45.3 Å². The lowest BCUT2D eigenvalue weighted by Gasteiger charge is -2.35. The van der Waals surface area contributed by atoms with E-state index >= 15 is 0 Å². The van der Waals surface area contributed by atoms with Gasteiger partial charge in [-0.1, -0.05) is 6.07 Å². The zero-order valence-electron chi connectivity index (χ0n) is 14.5. The van der Waals surface area contributed by atoms with Gasteiger partial charge in [0.05, 0.1) is 18.3 Å². The number of aromatic nitrogens is 3. The Morgan fingerprint density at radius 3 is 2.59 bits per heavy atom. The van der Waals surface area contributed by atoms with Crippen molar-refractivity contribution in [3.05, 3.63) is 42.5 Å². The largest absolute Gasteiger partial charge is 0.433 e. The zero-order chi connectivity index (χ0) is 19.0. The van der Waals surface area contributed by atoms with Gasteiger partial charge in [0.1, 0.15) is 17.3 Å². The predicted molar refractivity (Wildman–Crippen MR) is 93.1 cm³/mol. The number of nitrogens with one attached hydrogen (secondary N) is 1. The Hall–Kier alpha value is -2.42. The van der Waals surface area contributed by atoms with Crippen LogP contribution in [-0.2, 0) is 6.18 Å². The Morgan fingerprint density at radius 2 is 1.89 bits per heavy atom. The van der Waals surface area contributed by atoms with Crippen molar-refractivity contribution in [2.75, 3.05) is 23.3 Å². The molecular formula is C18H20F3N5O. The average Bonchev–Trinajstić information content (AvgIpc) is 3.05. The number of hydrogen-bond donors (Lipinski definition) is 2. The molecule has 2 fully saturated rings. The van der Waals surface area contributed by atoms with Gasteiger partial charge in [-0.25, -0.2) is 9.97 Å². The van der Waals surface area contributed by atoms with Crippen LogP contribution < -0.4 is 10.2 Å². The van der Waals surface area contributed by atoms with E-state index in [4.69, 9.17) is 0 Å². The van der Waals surface area contributed by atoms with Gasteiger partial charge in [-0.3, -0.25) is 4.98 Å². The van der Waals surface area contributed by atoms with Gasteiger partial charge in [-0.2, -0.15) is 13.2 Å². The van der Waals surface area contributed by atoms with Crippen LogP contribution in [0.4, 0.5) is 24.8 Å². The lowest BCUT2D eigenvalue weighted by molar-refractivity contribution is -0.141. The number of aliphatic hydroxyl groups is 1. The molecule has 0 unspecified atom stereocenters. The summed E-state index contributed by atoms with van der Waals surface area (Å²) in [6.45, 7) is 1.23. The molecule has 9 heteroatoms. The van der Waals surface area contributed by atoms with Crippen LogP contribution in [0.2, 0.25) is 0 Å². The summed E-state index contributed by atoms with van der Waals surface area (Å²) in [6, 6.07) is 3.83. The van der Waals surface area contributed by atoms with Gasteiger partial charge in [0.2, 0.25) is 0 Å². The van der Waals surface area contributed by atoms with Crippen molar-refractivity contribution in [3.63, 3.8) is 0 Å². The van der Waals surface area contributed by atoms with Crippen LogP contribution in [0.15, 0.2) is 36.8 Å². The highest BCUT2D eigenvalue weighted by Gasteiger charge is 2.42. The van der Waals surface area contributed by atoms with E-state index in [0.29, 0.717) is 31.1 Å². The van der Waals surface area contributed by atoms with Crippen LogP contribution in [0.5, 0.6) is 0 Å². The van der Waals surface area contributed by atoms with Gasteiger partial charge in [0.25, 0.3) is 0 Å². The first-order chi connectivity index (χ1) is 12.9. The molecule has 1 aliphatic carbocycles. The topological polar surface area (TPSA) is 74.2 Å². The number of hydrogen-bond acceptors (Lipinski definition) is 6. The minimum absolute atomic E-state index is 0.155. The third-order valence-corrected chi connectivity index (χ3v) is 5.39. The molecule has 2 aromatic rings. The lowest BCUT2D eigenvalue weighted by atomic mass is 9.77. The molecule has 4 atom stereocenters. The van der Waals surface area contributed by atoms with Crippen molar-refractivity contribution in [2.24, 2.45) is 11.8 Å². The van der Waals surface area contributed by atoms with Crippen LogP contribution in [0.25, 0.3) is 0 Å². The molecule has 144 valence electrons. The molecule has 2 aliphatic rings. The van der Waals surface area contributed by atoms with E-state index in [1.807, 2.05) is 4.90 Å². The normalized spacial score (nSPS) is 28.1. The maximum atomic E-state index is 12.9. The van der Waals surface area contributed by atoms with E-state index in [0.717, 1.165) is 12.5 Å². The van der Waals surface area contributed by atoms with Gasteiger partial charge in [0, 0.05) is 25.5 Å². The van der Waals surface area contributed by atoms with Gasteiger partial charge >= 0.3 is 6.18 Å². The van der Waals surface area contributed by atoms with Gasteiger partial charge in [-0.15, -0.1) is 0 Å². The van der Waals surface area contributed by atoms with Gasteiger partial charge in [0.15, 0.2) is 0 Å². The molecule has 2 N–H and O–H groups in total. The first-order valence-corrected chi connectivity index (χ1v) is 8.90. The molecule has 6 nitrogen and oxygen atoms in total. The van der Waals surface area contributed by atoms with Crippen molar-refractivity contribution in [3.8, 4) is 0 Å². The molecule has 0 amide bonds. The maximum absolute atomic E-state index is 12.9. The number of alkyl halides is 3. The zero-order valence-corrected chi connectivity index (χ0v) is 14.5. The molecule has 4 rings (SSSR count). The summed E-state index contributed by atoms with van der Waals surface area (Å²) in [5.74, 6) is 1.46.